The fourth-order valence-electron chi connectivity index (χ4n) is 1.22. The van der Waals surface area contributed by atoms with Crippen LogP contribution in [0.3, 0.4) is 0 Å². The maximum Gasteiger partial charge on any atom is 0.319 e. The van der Waals surface area contributed by atoms with Crippen molar-refractivity contribution in [3.05, 3.63) is 12.1 Å². The number of nitrogens with one attached hydrogen (secondary N) is 3. The quantitative estimate of drug-likeness (QED) is 0.582. The normalized spacial score (nSPS) is 9.44. The molecule has 0 atom stereocenters. The van der Waals surface area contributed by atoms with Crippen LogP contribution in [0.4, 0.5) is 16.2 Å². The van der Waals surface area contributed by atoms with E-state index in [0.29, 0.717) is 11.4 Å². The van der Waals surface area contributed by atoms with Gasteiger partial charge >= 0.3 is 6.03 Å². The van der Waals surface area contributed by atoms with Crippen molar-refractivity contribution < 1.29 is 14.6 Å². The number of benzene rings is 1. The number of urea groups is 1. The van der Waals surface area contributed by atoms with Gasteiger partial charge in [0.05, 0.1) is 18.5 Å². The number of ether oxygens (including phenoxy) is 1. The molecule has 0 heterocycles. The number of hydrogen-bond donors (Lipinski definition) is 4. The van der Waals surface area contributed by atoms with Gasteiger partial charge in [0.1, 0.15) is 11.5 Å². The van der Waals surface area contributed by atoms with Crippen LogP contribution in [-0.4, -0.2) is 32.3 Å². The minimum Gasteiger partial charge on any atom is -0.506 e. The highest BCUT2D eigenvalue weighted by molar-refractivity contribution is 5.91. The average Bonchev–Trinajstić information content (AvgIpc) is 2.30. The van der Waals surface area contributed by atoms with Gasteiger partial charge in [-0.1, -0.05) is 0 Å². The highest BCUT2D eigenvalue weighted by Crippen LogP contribution is 2.35. The molecule has 0 saturated heterocycles. The van der Waals surface area contributed by atoms with Crippen molar-refractivity contribution in [1.29, 1.82) is 0 Å². The first-order valence-corrected chi connectivity index (χ1v) is 4.69. The first-order valence-electron chi connectivity index (χ1n) is 4.69. The number of rotatable bonds is 3. The van der Waals surface area contributed by atoms with Gasteiger partial charge in [0.2, 0.25) is 0 Å². The maximum absolute atomic E-state index is 11.1. The second kappa shape index (κ2) is 5.11. The van der Waals surface area contributed by atoms with E-state index >= 15 is 0 Å². The molecule has 0 aliphatic carbocycles. The number of methoxy groups -OCH3 is 1. The van der Waals surface area contributed by atoms with Crippen LogP contribution >= 0.6 is 0 Å². The van der Waals surface area contributed by atoms with Crippen molar-refractivity contribution in [2.75, 3.05) is 31.8 Å². The third-order valence-electron chi connectivity index (χ3n) is 2.06. The molecule has 1 rings (SSSR count). The molecule has 16 heavy (non-hydrogen) atoms. The first kappa shape index (κ1) is 12.0. The highest BCUT2D eigenvalue weighted by atomic mass is 16.5. The minimum absolute atomic E-state index is 0.0336. The molecule has 1 aromatic carbocycles. The molecule has 0 aliphatic heterocycles. The summed E-state index contributed by atoms with van der Waals surface area (Å²) in [7, 11) is 4.71. The molecule has 6 heteroatoms. The van der Waals surface area contributed by atoms with Gasteiger partial charge in [-0.25, -0.2) is 4.79 Å². The lowest BCUT2D eigenvalue weighted by Crippen LogP contribution is -2.24. The van der Waals surface area contributed by atoms with Gasteiger partial charge in [-0.15, -0.1) is 0 Å². The molecule has 0 aliphatic rings. The maximum atomic E-state index is 11.1. The Morgan fingerprint density at radius 2 is 2.00 bits per heavy atom. The van der Waals surface area contributed by atoms with E-state index in [4.69, 9.17) is 4.74 Å². The fraction of sp³-hybridized carbons (Fsp3) is 0.300. The summed E-state index contributed by atoms with van der Waals surface area (Å²) >= 11 is 0. The van der Waals surface area contributed by atoms with Crippen molar-refractivity contribution in [3.8, 4) is 11.5 Å². The van der Waals surface area contributed by atoms with Gasteiger partial charge < -0.3 is 25.8 Å². The standard InChI is InChI=1S/C10H15N3O3/c1-11-7-4-8(14)6(5-9(7)16-3)13-10(15)12-2/h4-5,11,14H,1-3H3,(H2,12,13,15). The van der Waals surface area contributed by atoms with E-state index in [2.05, 4.69) is 16.0 Å². The van der Waals surface area contributed by atoms with Gasteiger partial charge in [-0.3, -0.25) is 0 Å². The van der Waals surface area contributed by atoms with Crippen LogP contribution in [0.15, 0.2) is 12.1 Å². The van der Waals surface area contributed by atoms with Gasteiger partial charge in [0.25, 0.3) is 0 Å². The van der Waals surface area contributed by atoms with E-state index in [1.165, 1.54) is 26.3 Å². The number of anilines is 2. The van der Waals surface area contributed by atoms with Crippen molar-refractivity contribution in [2.45, 2.75) is 0 Å². The lowest BCUT2D eigenvalue weighted by Gasteiger charge is -2.12. The molecular weight excluding hydrogens is 210 g/mol. The molecular formula is C10H15N3O3. The van der Waals surface area contributed by atoms with Crippen LogP contribution in [0, 0.1) is 0 Å². The van der Waals surface area contributed by atoms with Crippen LogP contribution in [0.25, 0.3) is 0 Å². The zero-order chi connectivity index (χ0) is 12.1. The number of aromatic hydroxyl groups is 1. The zero-order valence-electron chi connectivity index (χ0n) is 9.42. The van der Waals surface area contributed by atoms with Crippen LogP contribution in [0.1, 0.15) is 0 Å². The Balaban J connectivity index is 3.06. The van der Waals surface area contributed by atoms with Gasteiger partial charge in [0.15, 0.2) is 0 Å². The highest BCUT2D eigenvalue weighted by Gasteiger charge is 2.10. The molecule has 1 aromatic rings. The molecule has 0 unspecified atom stereocenters. The molecule has 6 nitrogen and oxygen atoms in total. The summed E-state index contributed by atoms with van der Waals surface area (Å²) in [4.78, 5) is 11.1. The molecule has 0 fully saturated rings. The average molecular weight is 225 g/mol. The van der Waals surface area contributed by atoms with E-state index in [-0.39, 0.29) is 11.4 Å². The van der Waals surface area contributed by atoms with E-state index in [0.717, 1.165) is 0 Å². The Kier molecular flexibility index (Phi) is 3.82. The summed E-state index contributed by atoms with van der Waals surface area (Å²) in [6.45, 7) is 0. The topological polar surface area (TPSA) is 82.6 Å². The number of carbonyl (C=O) groups is 1. The predicted molar refractivity (Wildman–Crippen MR) is 62.3 cm³/mol. The second-order valence-electron chi connectivity index (χ2n) is 3.02. The van der Waals surface area contributed by atoms with Crippen molar-refractivity contribution in [2.24, 2.45) is 0 Å². The number of phenols is 1. The fourth-order valence-corrected chi connectivity index (χ4v) is 1.22. The second-order valence-corrected chi connectivity index (χ2v) is 3.02. The lowest BCUT2D eigenvalue weighted by molar-refractivity contribution is 0.254. The summed E-state index contributed by atoms with van der Waals surface area (Å²) in [5, 5.41) is 17.4. The van der Waals surface area contributed by atoms with Gasteiger partial charge in [0, 0.05) is 26.2 Å². The Bertz CT molecular complexity index is 393. The van der Waals surface area contributed by atoms with Crippen molar-refractivity contribution in [3.63, 3.8) is 0 Å². The molecule has 0 saturated carbocycles. The van der Waals surface area contributed by atoms with Crippen molar-refractivity contribution >= 4 is 17.4 Å². The van der Waals surface area contributed by atoms with Gasteiger partial charge in [-0.05, 0) is 0 Å². The molecule has 2 amide bonds. The number of amides is 2. The smallest absolute Gasteiger partial charge is 0.319 e. The third-order valence-corrected chi connectivity index (χ3v) is 2.06. The van der Waals surface area contributed by atoms with E-state index < -0.39 is 6.03 Å². The third kappa shape index (κ3) is 2.47. The molecule has 0 spiro atoms. The minimum atomic E-state index is -0.408. The summed E-state index contributed by atoms with van der Waals surface area (Å²) in [5.74, 6) is 0.500. The summed E-state index contributed by atoms with van der Waals surface area (Å²) < 4.78 is 5.10. The largest absolute Gasteiger partial charge is 0.506 e. The predicted octanol–water partition coefficient (Wildman–Crippen LogP) is 1.19. The number of carbonyl (C=O) groups excluding carboxylic acids is 1. The lowest BCUT2D eigenvalue weighted by atomic mass is 10.2. The Morgan fingerprint density at radius 1 is 1.31 bits per heavy atom. The Hall–Kier alpha value is -2.11. The Morgan fingerprint density at radius 3 is 2.50 bits per heavy atom. The molecule has 0 aromatic heterocycles. The number of phenolic OH excluding ortho intramolecular Hbond substituents is 1. The zero-order valence-corrected chi connectivity index (χ0v) is 9.42. The van der Waals surface area contributed by atoms with Crippen molar-refractivity contribution in [1.82, 2.24) is 5.32 Å². The first-order chi connectivity index (χ1) is 7.62. The number of hydrogen-bond acceptors (Lipinski definition) is 4. The van der Waals surface area contributed by atoms with Crippen LogP contribution in [0.2, 0.25) is 0 Å². The molecule has 4 N–H and O–H groups in total. The Labute approximate surface area is 93.6 Å². The van der Waals surface area contributed by atoms with E-state index in [1.807, 2.05) is 0 Å². The molecule has 0 bridgehead atoms. The van der Waals surface area contributed by atoms with Crippen LogP contribution < -0.4 is 20.7 Å². The summed E-state index contributed by atoms with van der Waals surface area (Å²) in [6, 6.07) is 2.61. The molecule has 0 radical (unpaired) electrons. The summed E-state index contributed by atoms with van der Waals surface area (Å²) in [6.07, 6.45) is 0. The van der Waals surface area contributed by atoms with E-state index in [1.54, 1.807) is 7.05 Å². The molecule has 88 valence electrons. The monoisotopic (exact) mass is 225 g/mol. The SMILES string of the molecule is CNC(=O)Nc1cc(OC)c(NC)cc1O. The van der Waals surface area contributed by atoms with E-state index in [9.17, 15) is 9.90 Å². The van der Waals surface area contributed by atoms with Crippen LogP contribution in [-0.2, 0) is 0 Å². The van der Waals surface area contributed by atoms with Crippen LogP contribution in [0.5, 0.6) is 11.5 Å². The summed E-state index contributed by atoms with van der Waals surface area (Å²) in [5.41, 5.74) is 0.928. The van der Waals surface area contributed by atoms with Gasteiger partial charge in [-0.2, -0.15) is 0 Å².